The molecule has 3 aromatic rings. The van der Waals surface area contributed by atoms with E-state index in [0.29, 0.717) is 33.9 Å². The first-order chi connectivity index (χ1) is 12.1. The summed E-state index contributed by atoms with van der Waals surface area (Å²) in [6.45, 7) is 2.49. The number of para-hydroxylation sites is 1. The van der Waals surface area contributed by atoms with Crippen molar-refractivity contribution in [1.82, 2.24) is 0 Å². The Bertz CT molecular complexity index is 967. The van der Waals surface area contributed by atoms with Gasteiger partial charge in [-0.3, -0.25) is 5.32 Å². The highest BCUT2D eigenvalue weighted by Crippen LogP contribution is 2.28. The molecule has 0 spiro atoms. The number of amides is 2. The minimum Gasteiger partial charge on any atom is -0.421 e. The number of nitrogens with one attached hydrogen (secondary N) is 3. The summed E-state index contributed by atoms with van der Waals surface area (Å²) in [5.41, 5.74) is 0.970. The predicted molar refractivity (Wildman–Crippen MR) is 101 cm³/mol. The minimum absolute atomic E-state index is 0.0620. The number of carbonyl (C=O) groups is 1. The molecule has 1 aromatic heterocycles. The molecule has 7 heteroatoms. The van der Waals surface area contributed by atoms with Crippen LogP contribution in [0.5, 0.6) is 0 Å². The summed E-state index contributed by atoms with van der Waals surface area (Å²) in [5.74, 6) is 0. The lowest BCUT2D eigenvalue weighted by atomic mass is 10.2. The third kappa shape index (κ3) is 3.75. The van der Waals surface area contributed by atoms with Crippen LogP contribution in [-0.4, -0.2) is 12.6 Å². The average molecular weight is 358 g/mol. The van der Waals surface area contributed by atoms with Crippen LogP contribution in [0.25, 0.3) is 11.0 Å². The molecule has 0 unspecified atom stereocenters. The average Bonchev–Trinajstić information content (AvgIpc) is 2.60. The molecule has 2 amide bonds. The third-order valence-electron chi connectivity index (χ3n) is 3.51. The zero-order chi connectivity index (χ0) is 17.8. The first-order valence-corrected chi connectivity index (χ1v) is 8.09. The van der Waals surface area contributed by atoms with Gasteiger partial charge in [0.05, 0.1) is 5.69 Å². The summed E-state index contributed by atoms with van der Waals surface area (Å²) in [4.78, 5) is 24.5. The van der Waals surface area contributed by atoms with Crippen molar-refractivity contribution in [1.29, 1.82) is 0 Å². The summed E-state index contributed by atoms with van der Waals surface area (Å²) in [5, 5.41) is 9.61. The second-order valence-corrected chi connectivity index (χ2v) is 5.69. The molecule has 25 heavy (non-hydrogen) atoms. The number of fused-ring (bicyclic) bond motifs is 1. The lowest BCUT2D eigenvalue weighted by Crippen LogP contribution is -2.24. The largest absolute Gasteiger partial charge is 0.421 e. The van der Waals surface area contributed by atoms with Crippen LogP contribution >= 0.6 is 11.6 Å². The van der Waals surface area contributed by atoms with Gasteiger partial charge in [0, 0.05) is 22.6 Å². The number of urea groups is 1. The molecule has 0 saturated heterocycles. The number of carbonyl (C=O) groups excluding carboxylic acids is 1. The first kappa shape index (κ1) is 16.9. The van der Waals surface area contributed by atoms with Gasteiger partial charge in [0.25, 0.3) is 0 Å². The molecular weight excluding hydrogens is 342 g/mol. The topological polar surface area (TPSA) is 83.4 Å². The van der Waals surface area contributed by atoms with E-state index in [0.717, 1.165) is 0 Å². The quantitative estimate of drug-likeness (QED) is 0.599. The van der Waals surface area contributed by atoms with E-state index in [2.05, 4.69) is 16.0 Å². The van der Waals surface area contributed by atoms with E-state index in [9.17, 15) is 9.59 Å². The fourth-order valence-electron chi connectivity index (χ4n) is 2.43. The van der Waals surface area contributed by atoms with Gasteiger partial charge in [-0.05, 0) is 43.3 Å². The Labute approximate surface area is 148 Å². The Balaban J connectivity index is 1.93. The minimum atomic E-state index is -0.624. The van der Waals surface area contributed by atoms with Crippen molar-refractivity contribution >= 4 is 45.7 Å². The maximum absolute atomic E-state index is 12.3. The molecule has 0 saturated carbocycles. The monoisotopic (exact) mass is 357 g/mol. The highest BCUT2D eigenvalue weighted by atomic mass is 35.5. The van der Waals surface area contributed by atoms with Crippen molar-refractivity contribution in [2.75, 3.05) is 22.5 Å². The summed E-state index contributed by atoms with van der Waals surface area (Å²) in [6.07, 6.45) is 0. The van der Waals surface area contributed by atoms with E-state index in [1.165, 1.54) is 0 Å². The molecule has 0 bridgehead atoms. The number of anilines is 3. The van der Waals surface area contributed by atoms with Gasteiger partial charge in [-0.2, -0.15) is 0 Å². The number of halogens is 1. The van der Waals surface area contributed by atoms with Crippen LogP contribution in [0.15, 0.2) is 57.7 Å². The summed E-state index contributed by atoms with van der Waals surface area (Å²) in [6, 6.07) is 13.2. The van der Waals surface area contributed by atoms with Crippen LogP contribution < -0.4 is 21.6 Å². The Hall–Kier alpha value is -2.99. The lowest BCUT2D eigenvalue weighted by Gasteiger charge is -2.13. The van der Waals surface area contributed by atoms with Crippen LogP contribution in [0.2, 0.25) is 5.02 Å². The van der Waals surface area contributed by atoms with Gasteiger partial charge in [0.15, 0.2) is 5.69 Å². The van der Waals surface area contributed by atoms with Gasteiger partial charge in [-0.1, -0.05) is 23.7 Å². The second kappa shape index (κ2) is 7.27. The van der Waals surface area contributed by atoms with Crippen molar-refractivity contribution in [2.24, 2.45) is 0 Å². The molecule has 0 aliphatic carbocycles. The van der Waals surface area contributed by atoms with Gasteiger partial charge in [-0.25, -0.2) is 9.59 Å². The molecule has 0 atom stereocenters. The molecule has 6 nitrogen and oxygen atoms in total. The summed E-state index contributed by atoms with van der Waals surface area (Å²) >= 11 is 5.82. The maximum atomic E-state index is 12.3. The third-order valence-corrected chi connectivity index (χ3v) is 3.76. The van der Waals surface area contributed by atoms with Gasteiger partial charge in [0.2, 0.25) is 0 Å². The smallest absolute Gasteiger partial charge is 0.362 e. The van der Waals surface area contributed by atoms with Crippen LogP contribution in [0.4, 0.5) is 21.9 Å². The molecule has 0 aliphatic heterocycles. The number of hydrogen-bond acceptors (Lipinski definition) is 4. The van der Waals surface area contributed by atoms with Crippen molar-refractivity contribution < 1.29 is 9.21 Å². The molecule has 1 heterocycles. The number of benzene rings is 2. The van der Waals surface area contributed by atoms with Crippen LogP contribution in [0, 0.1) is 0 Å². The van der Waals surface area contributed by atoms with Crippen molar-refractivity contribution in [3.8, 4) is 0 Å². The molecule has 0 radical (unpaired) electrons. The molecule has 2 aromatic carbocycles. The number of hydrogen-bond donors (Lipinski definition) is 3. The van der Waals surface area contributed by atoms with Crippen LogP contribution in [0.3, 0.4) is 0 Å². The Morgan fingerprint density at radius 2 is 1.76 bits per heavy atom. The zero-order valence-electron chi connectivity index (χ0n) is 13.4. The second-order valence-electron chi connectivity index (χ2n) is 5.25. The predicted octanol–water partition coefficient (Wildman–Crippen LogP) is 4.52. The Morgan fingerprint density at radius 1 is 1.04 bits per heavy atom. The standard InChI is InChI=1S/C18H16ClN3O3/c1-2-20-15-13-5-3-4-6-14(13)25-17(23)16(15)22-18(24)21-12-9-7-11(19)8-10-12/h3-10,20H,2H2,1H3,(H2,21,22,24). The van der Waals surface area contributed by atoms with Crippen LogP contribution in [0.1, 0.15) is 6.92 Å². The Kier molecular flexibility index (Phi) is 4.90. The number of rotatable bonds is 4. The molecule has 3 N–H and O–H groups in total. The fraction of sp³-hybridized carbons (Fsp3) is 0.111. The van der Waals surface area contributed by atoms with E-state index in [-0.39, 0.29) is 5.69 Å². The Morgan fingerprint density at radius 3 is 2.48 bits per heavy atom. The zero-order valence-corrected chi connectivity index (χ0v) is 14.2. The SMILES string of the molecule is CCNc1c(NC(=O)Nc2ccc(Cl)cc2)c(=O)oc2ccccc12. The normalized spacial score (nSPS) is 10.5. The molecule has 128 valence electrons. The lowest BCUT2D eigenvalue weighted by molar-refractivity contribution is 0.262. The first-order valence-electron chi connectivity index (χ1n) is 7.71. The van der Waals surface area contributed by atoms with Crippen LogP contribution in [-0.2, 0) is 0 Å². The highest BCUT2D eigenvalue weighted by molar-refractivity contribution is 6.30. The van der Waals surface area contributed by atoms with Crippen molar-refractivity contribution in [3.05, 3.63) is 64.0 Å². The molecule has 0 fully saturated rings. The fourth-order valence-corrected chi connectivity index (χ4v) is 2.56. The van der Waals surface area contributed by atoms with Gasteiger partial charge in [-0.15, -0.1) is 0 Å². The van der Waals surface area contributed by atoms with E-state index < -0.39 is 11.7 Å². The van der Waals surface area contributed by atoms with Gasteiger partial charge >= 0.3 is 11.7 Å². The molecule has 0 aliphatic rings. The van der Waals surface area contributed by atoms with Crippen molar-refractivity contribution in [2.45, 2.75) is 6.92 Å². The van der Waals surface area contributed by atoms with Crippen molar-refractivity contribution in [3.63, 3.8) is 0 Å². The maximum Gasteiger partial charge on any atom is 0.362 e. The van der Waals surface area contributed by atoms with Gasteiger partial charge < -0.3 is 15.1 Å². The van der Waals surface area contributed by atoms with E-state index >= 15 is 0 Å². The summed E-state index contributed by atoms with van der Waals surface area (Å²) < 4.78 is 5.29. The summed E-state index contributed by atoms with van der Waals surface area (Å²) in [7, 11) is 0. The molecular formula is C18H16ClN3O3. The van der Waals surface area contributed by atoms with E-state index in [1.807, 2.05) is 19.1 Å². The van der Waals surface area contributed by atoms with E-state index in [4.69, 9.17) is 16.0 Å². The van der Waals surface area contributed by atoms with E-state index in [1.54, 1.807) is 36.4 Å². The molecule has 3 rings (SSSR count). The highest BCUT2D eigenvalue weighted by Gasteiger charge is 2.16. The van der Waals surface area contributed by atoms with Gasteiger partial charge in [0.1, 0.15) is 5.58 Å².